The van der Waals surface area contributed by atoms with Gasteiger partial charge < -0.3 is 14.4 Å². The van der Waals surface area contributed by atoms with Gasteiger partial charge in [0.05, 0.1) is 18.2 Å². The summed E-state index contributed by atoms with van der Waals surface area (Å²) < 4.78 is 10.4. The number of aldehydes is 1. The van der Waals surface area contributed by atoms with E-state index >= 15 is 0 Å². The molecule has 2 aliphatic heterocycles. The van der Waals surface area contributed by atoms with Crippen LogP contribution >= 0.6 is 0 Å². The molecule has 194 valence electrons. The zero-order valence-electron chi connectivity index (χ0n) is 21.0. The fourth-order valence-electron chi connectivity index (χ4n) is 4.60. The number of carbonyl (C=O) groups excluding carboxylic acids is 3. The maximum Gasteiger partial charge on any atom is 0.328 e. The smallest absolute Gasteiger partial charge is 0.328 e. The van der Waals surface area contributed by atoms with E-state index in [-0.39, 0.29) is 30.8 Å². The Morgan fingerprint density at radius 2 is 2.22 bits per heavy atom. The van der Waals surface area contributed by atoms with Crippen LogP contribution in [-0.4, -0.2) is 72.6 Å². The highest BCUT2D eigenvalue weighted by atomic mass is 16.5. The van der Waals surface area contributed by atoms with E-state index in [4.69, 9.17) is 9.47 Å². The van der Waals surface area contributed by atoms with Gasteiger partial charge in [-0.15, -0.1) is 0 Å². The fraction of sp³-hybridized carbons (Fsp3) is 0.462. The molecule has 0 saturated carbocycles. The molecule has 0 radical (unpaired) electrons. The maximum absolute atomic E-state index is 13.2. The number of methoxy groups -OCH3 is 1. The van der Waals surface area contributed by atoms with Crippen molar-refractivity contribution in [2.24, 2.45) is 0 Å². The molecule has 2 aromatic rings. The molecule has 4 rings (SSSR count). The van der Waals surface area contributed by atoms with E-state index in [1.165, 1.54) is 11.1 Å². The van der Waals surface area contributed by atoms with Crippen molar-refractivity contribution >= 4 is 29.9 Å². The minimum atomic E-state index is -0.421. The van der Waals surface area contributed by atoms with Crippen LogP contribution in [0.3, 0.4) is 0 Å². The number of carbonyl (C=O) groups is 3. The van der Waals surface area contributed by atoms with Crippen molar-refractivity contribution < 1.29 is 23.9 Å². The first-order valence-electron chi connectivity index (χ1n) is 12.3. The van der Waals surface area contributed by atoms with Gasteiger partial charge in [0.1, 0.15) is 30.0 Å². The summed E-state index contributed by atoms with van der Waals surface area (Å²) in [6, 6.07) is 5.17. The standard InChI is InChI=1S/C26H30N6O5/c1-17-15-37-16-24(34)32(17)13-20-9-19-5-3-7-31(25(19)29-22(20)14-33)26(35)30-23-10-18(6-4-8-36-2)21(11-27)12-28-23/h9-10,12,14,17H,3-8,13,15-16H2,1-2H3,(H,28,30,35)/t17-/m1/s1. The van der Waals surface area contributed by atoms with Crippen LogP contribution in [0.1, 0.15) is 52.5 Å². The number of nitrogens with zero attached hydrogens (tertiary/aromatic N) is 5. The van der Waals surface area contributed by atoms with Crippen molar-refractivity contribution in [2.45, 2.75) is 45.2 Å². The van der Waals surface area contributed by atoms with E-state index in [9.17, 15) is 19.6 Å². The van der Waals surface area contributed by atoms with Gasteiger partial charge in [-0.1, -0.05) is 0 Å². The summed E-state index contributed by atoms with van der Waals surface area (Å²) >= 11 is 0. The molecule has 1 atom stereocenters. The van der Waals surface area contributed by atoms with Gasteiger partial charge in [-0.25, -0.2) is 14.8 Å². The number of aromatic nitrogens is 2. The zero-order valence-corrected chi connectivity index (χ0v) is 21.0. The van der Waals surface area contributed by atoms with Crippen molar-refractivity contribution in [3.8, 4) is 6.07 Å². The Morgan fingerprint density at radius 1 is 1.38 bits per heavy atom. The largest absolute Gasteiger partial charge is 0.385 e. The lowest BCUT2D eigenvalue weighted by Gasteiger charge is -2.34. The Balaban J connectivity index is 1.55. The number of hydrogen-bond donors (Lipinski definition) is 1. The van der Waals surface area contributed by atoms with Gasteiger partial charge in [-0.3, -0.25) is 19.8 Å². The van der Waals surface area contributed by atoms with E-state index in [2.05, 4.69) is 21.4 Å². The van der Waals surface area contributed by atoms with Crippen LogP contribution in [-0.2, 0) is 33.7 Å². The Kier molecular flexibility index (Phi) is 8.43. The number of pyridine rings is 2. The van der Waals surface area contributed by atoms with Crippen LogP contribution in [0.15, 0.2) is 18.3 Å². The van der Waals surface area contributed by atoms with Crippen molar-refractivity contribution in [3.05, 3.63) is 46.3 Å². The molecule has 4 heterocycles. The molecule has 11 heteroatoms. The number of hydrogen-bond acceptors (Lipinski definition) is 8. The first kappa shape index (κ1) is 26.2. The van der Waals surface area contributed by atoms with E-state index in [1.807, 2.05) is 13.0 Å². The molecular formula is C26H30N6O5. The Bertz CT molecular complexity index is 1230. The molecular weight excluding hydrogens is 476 g/mol. The molecule has 0 aromatic carbocycles. The quantitative estimate of drug-likeness (QED) is 0.426. The average Bonchev–Trinajstić information content (AvgIpc) is 2.90. The number of anilines is 2. The lowest BCUT2D eigenvalue weighted by atomic mass is 10.0. The predicted molar refractivity (Wildman–Crippen MR) is 134 cm³/mol. The van der Waals surface area contributed by atoms with Crippen molar-refractivity contribution in [1.29, 1.82) is 5.26 Å². The number of nitriles is 1. The van der Waals surface area contributed by atoms with Crippen LogP contribution in [0.2, 0.25) is 0 Å². The summed E-state index contributed by atoms with van der Waals surface area (Å²) in [5.41, 5.74) is 2.91. The molecule has 0 spiro atoms. The summed E-state index contributed by atoms with van der Waals surface area (Å²) in [6.07, 6.45) is 4.88. The summed E-state index contributed by atoms with van der Waals surface area (Å²) in [5.74, 6) is 0.617. The highest BCUT2D eigenvalue weighted by Crippen LogP contribution is 2.29. The second kappa shape index (κ2) is 11.9. The normalized spacial score (nSPS) is 17.2. The zero-order chi connectivity index (χ0) is 26.4. The number of ether oxygens (including phenoxy) is 2. The number of amides is 3. The fourth-order valence-corrected chi connectivity index (χ4v) is 4.60. The minimum Gasteiger partial charge on any atom is -0.385 e. The van der Waals surface area contributed by atoms with E-state index < -0.39 is 6.03 Å². The van der Waals surface area contributed by atoms with Crippen LogP contribution < -0.4 is 10.2 Å². The highest BCUT2D eigenvalue weighted by Gasteiger charge is 2.29. The van der Waals surface area contributed by atoms with Gasteiger partial charge in [0.2, 0.25) is 5.91 Å². The summed E-state index contributed by atoms with van der Waals surface area (Å²) in [5, 5.41) is 12.2. The third-order valence-electron chi connectivity index (χ3n) is 6.55. The molecule has 1 N–H and O–H groups in total. The van der Waals surface area contributed by atoms with Crippen LogP contribution in [0.25, 0.3) is 0 Å². The van der Waals surface area contributed by atoms with Crippen molar-refractivity contribution in [2.75, 3.05) is 43.7 Å². The second-order valence-corrected chi connectivity index (χ2v) is 9.14. The number of urea groups is 1. The number of morpholine rings is 1. The molecule has 0 bridgehead atoms. The molecule has 37 heavy (non-hydrogen) atoms. The lowest BCUT2D eigenvalue weighted by Crippen LogP contribution is -2.47. The monoisotopic (exact) mass is 506 g/mol. The topological polar surface area (TPSA) is 138 Å². The third-order valence-corrected chi connectivity index (χ3v) is 6.55. The number of aryl methyl sites for hydroxylation is 2. The van der Waals surface area contributed by atoms with Gasteiger partial charge in [0, 0.05) is 38.6 Å². The summed E-state index contributed by atoms with van der Waals surface area (Å²) in [7, 11) is 1.62. The second-order valence-electron chi connectivity index (χ2n) is 9.14. The Morgan fingerprint density at radius 3 is 2.95 bits per heavy atom. The molecule has 1 saturated heterocycles. The van der Waals surface area contributed by atoms with Crippen molar-refractivity contribution in [3.63, 3.8) is 0 Å². The minimum absolute atomic E-state index is 0.0184. The molecule has 3 amide bonds. The van der Waals surface area contributed by atoms with Crippen molar-refractivity contribution in [1.82, 2.24) is 14.9 Å². The third kappa shape index (κ3) is 5.93. The van der Waals surface area contributed by atoms with Gasteiger partial charge >= 0.3 is 6.03 Å². The van der Waals surface area contributed by atoms with Crippen LogP contribution in [0.4, 0.5) is 16.4 Å². The SMILES string of the molecule is COCCCc1cc(NC(=O)N2CCCc3cc(CN4C(=O)COC[C@H]4C)c(C=O)nc32)ncc1C#N. The van der Waals surface area contributed by atoms with Crippen LogP contribution in [0.5, 0.6) is 0 Å². The predicted octanol–water partition coefficient (Wildman–Crippen LogP) is 2.47. The molecule has 2 aromatic heterocycles. The molecule has 2 aliphatic rings. The number of fused-ring (bicyclic) bond motifs is 1. The Hall–Kier alpha value is -3.88. The van der Waals surface area contributed by atoms with Crippen LogP contribution in [0, 0.1) is 11.3 Å². The van der Waals surface area contributed by atoms with E-state index in [0.717, 1.165) is 24.0 Å². The maximum atomic E-state index is 13.2. The van der Waals surface area contributed by atoms with E-state index in [1.54, 1.807) is 18.1 Å². The van der Waals surface area contributed by atoms with Gasteiger partial charge in [-0.2, -0.15) is 5.26 Å². The average molecular weight is 507 g/mol. The highest BCUT2D eigenvalue weighted by molar-refractivity contribution is 6.01. The van der Waals surface area contributed by atoms with Gasteiger partial charge in [0.25, 0.3) is 0 Å². The molecule has 11 nitrogen and oxygen atoms in total. The molecule has 0 unspecified atom stereocenters. The van der Waals surface area contributed by atoms with E-state index in [0.29, 0.717) is 61.6 Å². The molecule has 0 aliphatic carbocycles. The number of nitrogens with one attached hydrogen (secondary N) is 1. The summed E-state index contributed by atoms with van der Waals surface area (Å²) in [4.78, 5) is 49.5. The summed E-state index contributed by atoms with van der Waals surface area (Å²) in [6.45, 7) is 3.60. The van der Waals surface area contributed by atoms with Gasteiger partial charge in [0.15, 0.2) is 6.29 Å². The number of rotatable bonds is 8. The Labute approximate surface area is 215 Å². The lowest BCUT2D eigenvalue weighted by molar-refractivity contribution is -0.148. The first-order chi connectivity index (χ1) is 17.9. The first-order valence-corrected chi connectivity index (χ1v) is 12.3. The molecule has 1 fully saturated rings. The van der Waals surface area contributed by atoms with Gasteiger partial charge in [-0.05, 0) is 55.9 Å².